The monoisotopic (exact) mass is 204 g/mol. The van der Waals surface area contributed by atoms with Gasteiger partial charge in [0.05, 0.1) is 17.2 Å². The minimum Gasteiger partial charge on any atom is -0.303 e. The second-order valence-corrected chi connectivity index (χ2v) is 3.13. The van der Waals surface area contributed by atoms with E-state index >= 15 is 0 Å². The molecule has 3 nitrogen and oxygen atoms in total. The summed E-state index contributed by atoms with van der Waals surface area (Å²) in [4.78, 5) is 15.4. The minimum atomic E-state index is -0.453. The Bertz CT molecular complexity index is 574. The normalized spacial score (nSPS) is 10.5. The highest BCUT2D eigenvalue weighted by molar-refractivity contribution is 5.74. The van der Waals surface area contributed by atoms with Gasteiger partial charge < -0.3 is 4.57 Å². The van der Waals surface area contributed by atoms with Gasteiger partial charge in [-0.05, 0) is 6.07 Å². The van der Waals surface area contributed by atoms with Gasteiger partial charge in [0.1, 0.15) is 5.82 Å². The molecule has 4 heteroatoms. The maximum atomic E-state index is 13.0. The van der Waals surface area contributed by atoms with Crippen molar-refractivity contribution in [3.63, 3.8) is 0 Å². The molecule has 0 unspecified atom stereocenters. The lowest BCUT2D eigenvalue weighted by Crippen LogP contribution is -2.18. The Labute approximate surface area is 85.5 Å². The van der Waals surface area contributed by atoms with Crippen molar-refractivity contribution in [3.05, 3.63) is 53.2 Å². The number of nitrogens with zero attached hydrogens (tertiary/aromatic N) is 2. The third-order valence-electron chi connectivity index (χ3n) is 2.12. The molecule has 0 aliphatic rings. The lowest BCUT2D eigenvalue weighted by atomic mass is 10.3. The fraction of sp³-hybridized carbons (Fsp3) is 0.0909. The van der Waals surface area contributed by atoms with E-state index in [4.69, 9.17) is 0 Å². The van der Waals surface area contributed by atoms with Crippen molar-refractivity contribution in [3.8, 4) is 0 Å². The highest BCUT2D eigenvalue weighted by Crippen LogP contribution is 2.10. The Morgan fingerprint density at radius 2 is 2.33 bits per heavy atom. The van der Waals surface area contributed by atoms with Crippen LogP contribution >= 0.6 is 0 Å². The summed E-state index contributed by atoms with van der Waals surface area (Å²) in [7, 11) is 0. The van der Waals surface area contributed by atoms with Crippen LogP contribution in [0.2, 0.25) is 0 Å². The first-order chi connectivity index (χ1) is 7.22. The summed E-state index contributed by atoms with van der Waals surface area (Å²) in [5.74, 6) is -0.453. The molecule has 0 saturated heterocycles. The number of aromatic nitrogens is 2. The molecule has 15 heavy (non-hydrogen) atoms. The Hall–Kier alpha value is -1.97. The van der Waals surface area contributed by atoms with Crippen LogP contribution in [0.3, 0.4) is 0 Å². The fourth-order valence-electron chi connectivity index (χ4n) is 1.46. The van der Waals surface area contributed by atoms with E-state index in [0.717, 1.165) is 6.20 Å². The van der Waals surface area contributed by atoms with Crippen LogP contribution < -0.4 is 5.56 Å². The molecule has 76 valence electrons. The first kappa shape index (κ1) is 9.58. The molecular weight excluding hydrogens is 195 g/mol. The quantitative estimate of drug-likeness (QED) is 0.698. The molecule has 0 amide bonds. The summed E-state index contributed by atoms with van der Waals surface area (Å²) >= 11 is 0. The molecule has 0 spiro atoms. The number of allylic oxidation sites excluding steroid dienone is 1. The van der Waals surface area contributed by atoms with E-state index in [1.165, 1.54) is 16.7 Å². The zero-order valence-electron chi connectivity index (χ0n) is 7.98. The molecule has 2 aromatic rings. The molecule has 0 aromatic carbocycles. The standard InChI is InChI=1S/C11H9FN2O/c1-2-5-14-10-6-8(12)7-13-9(10)3-4-11(14)15/h2-4,6-7H,1,5H2. The third-order valence-corrected chi connectivity index (χ3v) is 2.12. The van der Waals surface area contributed by atoms with Gasteiger partial charge in [0.25, 0.3) is 5.56 Å². The first-order valence-corrected chi connectivity index (χ1v) is 4.48. The van der Waals surface area contributed by atoms with E-state index in [1.807, 2.05) is 0 Å². The van der Waals surface area contributed by atoms with Crippen molar-refractivity contribution in [1.29, 1.82) is 0 Å². The topological polar surface area (TPSA) is 34.9 Å². The molecule has 2 rings (SSSR count). The Balaban J connectivity index is 2.84. The molecule has 0 aliphatic carbocycles. The molecule has 0 bridgehead atoms. The highest BCUT2D eigenvalue weighted by Gasteiger charge is 2.03. The summed E-state index contributed by atoms with van der Waals surface area (Å²) in [6.07, 6.45) is 2.72. The second-order valence-electron chi connectivity index (χ2n) is 3.13. The number of hydrogen-bond acceptors (Lipinski definition) is 2. The van der Waals surface area contributed by atoms with Gasteiger partial charge in [0, 0.05) is 18.7 Å². The summed E-state index contributed by atoms with van der Waals surface area (Å²) in [6, 6.07) is 4.29. The van der Waals surface area contributed by atoms with E-state index in [1.54, 1.807) is 12.1 Å². The molecule has 2 heterocycles. The molecule has 0 N–H and O–H groups in total. The number of halogens is 1. The third kappa shape index (κ3) is 1.66. The second kappa shape index (κ2) is 3.65. The molecule has 0 aliphatic heterocycles. The first-order valence-electron chi connectivity index (χ1n) is 4.48. The summed E-state index contributed by atoms with van der Waals surface area (Å²) in [5, 5.41) is 0. The Kier molecular flexibility index (Phi) is 2.33. The van der Waals surface area contributed by atoms with E-state index in [-0.39, 0.29) is 5.56 Å². The van der Waals surface area contributed by atoms with Gasteiger partial charge in [-0.1, -0.05) is 6.08 Å². The van der Waals surface area contributed by atoms with Crippen LogP contribution in [0, 0.1) is 5.82 Å². The van der Waals surface area contributed by atoms with Crippen LogP contribution in [0.1, 0.15) is 0 Å². The maximum Gasteiger partial charge on any atom is 0.251 e. The van der Waals surface area contributed by atoms with E-state index in [9.17, 15) is 9.18 Å². The van der Waals surface area contributed by atoms with Crippen molar-refractivity contribution >= 4 is 11.0 Å². The molecule has 0 fully saturated rings. The van der Waals surface area contributed by atoms with Gasteiger partial charge >= 0.3 is 0 Å². The van der Waals surface area contributed by atoms with Gasteiger partial charge in [-0.15, -0.1) is 6.58 Å². The van der Waals surface area contributed by atoms with Crippen molar-refractivity contribution in [2.75, 3.05) is 0 Å². The molecule has 0 atom stereocenters. The van der Waals surface area contributed by atoms with Gasteiger partial charge in [0.2, 0.25) is 0 Å². The number of rotatable bonds is 2. The lowest BCUT2D eigenvalue weighted by Gasteiger charge is -2.06. The predicted molar refractivity (Wildman–Crippen MR) is 56.2 cm³/mol. The number of pyridine rings is 2. The molecule has 0 radical (unpaired) electrons. The van der Waals surface area contributed by atoms with Crippen LogP contribution in [0.4, 0.5) is 4.39 Å². The number of fused-ring (bicyclic) bond motifs is 1. The van der Waals surface area contributed by atoms with Gasteiger partial charge in [-0.2, -0.15) is 0 Å². The van der Waals surface area contributed by atoms with Crippen LogP contribution in [-0.4, -0.2) is 9.55 Å². The Morgan fingerprint density at radius 3 is 3.07 bits per heavy atom. The molecule has 2 aromatic heterocycles. The SMILES string of the molecule is C=CCn1c(=O)ccc2ncc(F)cc21. The Morgan fingerprint density at radius 1 is 1.53 bits per heavy atom. The number of hydrogen-bond donors (Lipinski definition) is 0. The summed E-state index contributed by atoms with van der Waals surface area (Å²) in [6.45, 7) is 3.90. The minimum absolute atomic E-state index is 0.185. The summed E-state index contributed by atoms with van der Waals surface area (Å²) < 4.78 is 14.4. The van der Waals surface area contributed by atoms with Crippen LogP contribution in [0.15, 0.2) is 41.8 Å². The van der Waals surface area contributed by atoms with Crippen molar-refractivity contribution in [1.82, 2.24) is 9.55 Å². The van der Waals surface area contributed by atoms with Crippen LogP contribution in [-0.2, 0) is 6.54 Å². The molecule has 0 saturated carbocycles. The average Bonchev–Trinajstić information content (AvgIpc) is 2.23. The smallest absolute Gasteiger partial charge is 0.251 e. The van der Waals surface area contributed by atoms with Gasteiger partial charge in [-0.3, -0.25) is 9.78 Å². The van der Waals surface area contributed by atoms with Crippen LogP contribution in [0.25, 0.3) is 11.0 Å². The van der Waals surface area contributed by atoms with E-state index in [2.05, 4.69) is 11.6 Å². The van der Waals surface area contributed by atoms with Crippen molar-refractivity contribution in [2.24, 2.45) is 0 Å². The van der Waals surface area contributed by atoms with Crippen LogP contribution in [0.5, 0.6) is 0 Å². The van der Waals surface area contributed by atoms with Gasteiger partial charge in [0.15, 0.2) is 0 Å². The van der Waals surface area contributed by atoms with Gasteiger partial charge in [-0.25, -0.2) is 4.39 Å². The lowest BCUT2D eigenvalue weighted by molar-refractivity contribution is 0.622. The summed E-state index contributed by atoms with van der Waals surface area (Å²) in [5.41, 5.74) is 0.898. The van der Waals surface area contributed by atoms with E-state index < -0.39 is 5.82 Å². The zero-order valence-corrected chi connectivity index (χ0v) is 7.98. The van der Waals surface area contributed by atoms with Crippen molar-refractivity contribution in [2.45, 2.75) is 6.54 Å². The van der Waals surface area contributed by atoms with Crippen molar-refractivity contribution < 1.29 is 4.39 Å². The molecular formula is C11H9FN2O. The predicted octanol–water partition coefficient (Wildman–Crippen LogP) is 1.72. The average molecular weight is 204 g/mol. The highest BCUT2D eigenvalue weighted by atomic mass is 19.1. The largest absolute Gasteiger partial charge is 0.303 e. The zero-order chi connectivity index (χ0) is 10.8. The van der Waals surface area contributed by atoms with E-state index in [0.29, 0.717) is 17.6 Å². The fourth-order valence-corrected chi connectivity index (χ4v) is 1.46. The maximum absolute atomic E-state index is 13.0.